The number of carbonyl (C=O) groups is 1. The average molecular weight is 310 g/mol. The van der Waals surface area contributed by atoms with Crippen molar-refractivity contribution >= 4 is 17.7 Å². The molecule has 1 saturated heterocycles. The first-order valence-corrected chi connectivity index (χ1v) is 8.22. The molecule has 1 aliphatic heterocycles. The van der Waals surface area contributed by atoms with Crippen molar-refractivity contribution in [2.24, 2.45) is 0 Å². The van der Waals surface area contributed by atoms with E-state index in [1.165, 1.54) is 0 Å². The number of thioether (sulfide) groups is 1. The van der Waals surface area contributed by atoms with Crippen molar-refractivity contribution in [3.63, 3.8) is 0 Å². The number of carboxylic acid groups (broad SMARTS) is 1. The van der Waals surface area contributed by atoms with E-state index < -0.39 is 11.4 Å². The normalized spacial score (nSPS) is 18.5. The highest BCUT2D eigenvalue weighted by molar-refractivity contribution is 7.99. The zero-order valence-corrected chi connectivity index (χ0v) is 13.5. The summed E-state index contributed by atoms with van der Waals surface area (Å²) in [6.45, 7) is 3.84. The lowest BCUT2D eigenvalue weighted by molar-refractivity contribution is -0.138. The van der Waals surface area contributed by atoms with E-state index in [9.17, 15) is 4.79 Å². The van der Waals surface area contributed by atoms with Gasteiger partial charge in [-0.25, -0.2) is 0 Å². The molecular formula is C16H22O4S. The molecule has 1 aromatic rings. The van der Waals surface area contributed by atoms with Crippen LogP contribution in [0.4, 0.5) is 0 Å². The summed E-state index contributed by atoms with van der Waals surface area (Å²) in [6.07, 6.45) is 1.37. The summed E-state index contributed by atoms with van der Waals surface area (Å²) < 4.78 is 11.4. The lowest BCUT2D eigenvalue weighted by Gasteiger charge is -2.24. The summed E-state index contributed by atoms with van der Waals surface area (Å²) in [4.78, 5) is 11.0. The number of methoxy groups -OCH3 is 1. The Morgan fingerprint density at radius 2 is 2.19 bits per heavy atom. The number of rotatable bonds is 6. The Bertz CT molecular complexity index is 507. The third kappa shape index (κ3) is 4.06. The van der Waals surface area contributed by atoms with E-state index in [-0.39, 0.29) is 12.5 Å². The number of benzene rings is 1. The minimum Gasteiger partial charge on any atom is -0.493 e. The van der Waals surface area contributed by atoms with Gasteiger partial charge in [-0.3, -0.25) is 4.79 Å². The topological polar surface area (TPSA) is 55.8 Å². The molecule has 0 amide bonds. The van der Waals surface area contributed by atoms with E-state index in [2.05, 4.69) is 0 Å². The molecule has 116 valence electrons. The van der Waals surface area contributed by atoms with Crippen LogP contribution in [-0.2, 0) is 10.2 Å². The van der Waals surface area contributed by atoms with Crippen molar-refractivity contribution < 1.29 is 19.4 Å². The highest BCUT2D eigenvalue weighted by Gasteiger charge is 2.26. The SMILES string of the molecule is COc1cc(C(C)(C)CC(=O)O)ccc1OC1CCSC1. The summed E-state index contributed by atoms with van der Waals surface area (Å²) in [5.41, 5.74) is 0.496. The Balaban J connectivity index is 2.20. The van der Waals surface area contributed by atoms with Gasteiger partial charge in [-0.2, -0.15) is 11.8 Å². The molecule has 0 spiro atoms. The van der Waals surface area contributed by atoms with Gasteiger partial charge in [0.2, 0.25) is 0 Å². The molecule has 5 heteroatoms. The third-order valence-corrected chi connectivity index (χ3v) is 4.85. The fourth-order valence-corrected chi connectivity index (χ4v) is 3.55. The summed E-state index contributed by atoms with van der Waals surface area (Å²) in [7, 11) is 1.61. The summed E-state index contributed by atoms with van der Waals surface area (Å²) in [5, 5.41) is 9.02. The van der Waals surface area contributed by atoms with Crippen LogP contribution >= 0.6 is 11.8 Å². The van der Waals surface area contributed by atoms with E-state index in [1.54, 1.807) is 7.11 Å². The molecule has 1 unspecified atom stereocenters. The molecule has 1 N–H and O–H groups in total. The fraction of sp³-hybridized carbons (Fsp3) is 0.562. The van der Waals surface area contributed by atoms with Crippen LogP contribution in [0.25, 0.3) is 0 Å². The monoisotopic (exact) mass is 310 g/mol. The van der Waals surface area contributed by atoms with E-state index >= 15 is 0 Å². The predicted octanol–water partition coefficient (Wildman–Crippen LogP) is 3.33. The molecule has 4 nitrogen and oxygen atoms in total. The lowest BCUT2D eigenvalue weighted by Crippen LogP contribution is -2.22. The second-order valence-corrected chi connectivity index (χ2v) is 7.07. The molecule has 0 bridgehead atoms. The zero-order valence-electron chi connectivity index (χ0n) is 12.7. The first-order valence-electron chi connectivity index (χ1n) is 7.07. The van der Waals surface area contributed by atoms with E-state index in [0.29, 0.717) is 5.75 Å². The first-order chi connectivity index (χ1) is 9.92. The van der Waals surface area contributed by atoms with Crippen molar-refractivity contribution in [1.29, 1.82) is 0 Å². The van der Waals surface area contributed by atoms with Gasteiger partial charge in [0, 0.05) is 11.2 Å². The van der Waals surface area contributed by atoms with Crippen LogP contribution in [0.2, 0.25) is 0 Å². The van der Waals surface area contributed by atoms with Gasteiger partial charge in [0.25, 0.3) is 0 Å². The predicted molar refractivity (Wildman–Crippen MR) is 84.6 cm³/mol. The van der Waals surface area contributed by atoms with E-state index in [1.807, 2.05) is 43.8 Å². The van der Waals surface area contributed by atoms with Gasteiger partial charge in [-0.15, -0.1) is 0 Å². The van der Waals surface area contributed by atoms with Gasteiger partial charge in [0.05, 0.1) is 13.5 Å². The second-order valence-electron chi connectivity index (χ2n) is 5.92. The number of carboxylic acids is 1. The Kier molecular flexibility index (Phi) is 5.04. The van der Waals surface area contributed by atoms with Gasteiger partial charge in [-0.1, -0.05) is 19.9 Å². The van der Waals surface area contributed by atoms with Crippen LogP contribution in [-0.4, -0.2) is 35.8 Å². The first kappa shape index (κ1) is 16.0. The molecule has 1 aliphatic rings. The van der Waals surface area contributed by atoms with Crippen molar-refractivity contribution in [2.75, 3.05) is 18.6 Å². The summed E-state index contributed by atoms with van der Waals surface area (Å²) >= 11 is 1.90. The molecule has 0 aliphatic carbocycles. The molecule has 2 rings (SSSR count). The Morgan fingerprint density at radius 1 is 1.43 bits per heavy atom. The summed E-state index contributed by atoms with van der Waals surface area (Å²) in [5.74, 6) is 2.75. The van der Waals surface area contributed by atoms with Crippen molar-refractivity contribution in [1.82, 2.24) is 0 Å². The molecular weight excluding hydrogens is 288 g/mol. The molecule has 1 heterocycles. The lowest BCUT2D eigenvalue weighted by atomic mass is 9.81. The second kappa shape index (κ2) is 6.60. The van der Waals surface area contributed by atoms with Gasteiger partial charge in [0.15, 0.2) is 11.5 Å². The molecule has 1 aromatic carbocycles. The zero-order chi connectivity index (χ0) is 15.5. The largest absolute Gasteiger partial charge is 0.493 e. The van der Waals surface area contributed by atoms with Gasteiger partial charge in [-0.05, 0) is 29.9 Å². The minimum absolute atomic E-state index is 0.0790. The molecule has 0 aromatic heterocycles. The maximum atomic E-state index is 11.0. The standard InChI is InChI=1S/C16H22O4S/c1-16(2,9-15(17)18)11-4-5-13(14(8-11)19-3)20-12-6-7-21-10-12/h4-5,8,12H,6-7,9-10H2,1-3H3,(H,17,18). The third-order valence-electron chi connectivity index (χ3n) is 3.72. The Labute approximate surface area is 129 Å². The van der Waals surface area contributed by atoms with Crippen LogP contribution in [0.15, 0.2) is 18.2 Å². The smallest absolute Gasteiger partial charge is 0.304 e. The van der Waals surface area contributed by atoms with Gasteiger partial charge < -0.3 is 14.6 Å². The van der Waals surface area contributed by atoms with E-state index in [4.69, 9.17) is 14.6 Å². The average Bonchev–Trinajstić information content (AvgIpc) is 2.90. The number of aliphatic carboxylic acids is 1. The quantitative estimate of drug-likeness (QED) is 0.873. The van der Waals surface area contributed by atoms with Crippen molar-refractivity contribution in [3.8, 4) is 11.5 Å². The number of hydrogen-bond donors (Lipinski definition) is 1. The summed E-state index contributed by atoms with van der Waals surface area (Å²) in [6, 6.07) is 5.71. The van der Waals surface area contributed by atoms with Crippen LogP contribution in [0.1, 0.15) is 32.3 Å². The van der Waals surface area contributed by atoms with Crippen LogP contribution < -0.4 is 9.47 Å². The molecule has 0 saturated carbocycles. The number of hydrogen-bond acceptors (Lipinski definition) is 4. The Morgan fingerprint density at radius 3 is 2.76 bits per heavy atom. The highest BCUT2D eigenvalue weighted by Crippen LogP contribution is 2.36. The van der Waals surface area contributed by atoms with Gasteiger partial charge >= 0.3 is 5.97 Å². The maximum Gasteiger partial charge on any atom is 0.304 e. The molecule has 1 atom stereocenters. The molecule has 1 fully saturated rings. The fourth-order valence-electron chi connectivity index (χ4n) is 2.45. The Hall–Kier alpha value is -1.36. The molecule has 0 radical (unpaired) electrons. The van der Waals surface area contributed by atoms with Crippen molar-refractivity contribution in [3.05, 3.63) is 23.8 Å². The van der Waals surface area contributed by atoms with E-state index in [0.717, 1.165) is 29.2 Å². The van der Waals surface area contributed by atoms with Crippen LogP contribution in [0.5, 0.6) is 11.5 Å². The maximum absolute atomic E-state index is 11.0. The van der Waals surface area contributed by atoms with Crippen LogP contribution in [0, 0.1) is 0 Å². The van der Waals surface area contributed by atoms with Crippen LogP contribution in [0.3, 0.4) is 0 Å². The molecule has 21 heavy (non-hydrogen) atoms. The number of ether oxygens (including phenoxy) is 2. The highest BCUT2D eigenvalue weighted by atomic mass is 32.2. The van der Waals surface area contributed by atoms with Gasteiger partial charge in [0.1, 0.15) is 6.10 Å². The van der Waals surface area contributed by atoms with Crippen molar-refractivity contribution in [2.45, 2.75) is 38.2 Å². The minimum atomic E-state index is -0.803.